The van der Waals surface area contributed by atoms with Gasteiger partial charge in [0.2, 0.25) is 5.91 Å². The first kappa shape index (κ1) is 19.2. The summed E-state index contributed by atoms with van der Waals surface area (Å²) in [6.45, 7) is -0.453. The summed E-state index contributed by atoms with van der Waals surface area (Å²) < 4.78 is 8.34. The van der Waals surface area contributed by atoms with E-state index in [0.29, 0.717) is 6.42 Å². The zero-order chi connectivity index (χ0) is 20.7. The van der Waals surface area contributed by atoms with Crippen molar-refractivity contribution in [3.05, 3.63) is 24.3 Å². The molecule has 0 radical (unpaired) electrons. The number of fused-ring (bicyclic) bond motifs is 1. The second-order valence-electron chi connectivity index (χ2n) is 6.72. The number of aliphatic hydroxyl groups excluding tert-OH is 3. The van der Waals surface area contributed by atoms with Gasteiger partial charge in [-0.2, -0.15) is 15.1 Å². The average Bonchev–Trinajstić information content (AvgIpc) is 3.39. The van der Waals surface area contributed by atoms with Crippen LogP contribution < -0.4 is 11.5 Å². The highest BCUT2D eigenvalue weighted by Crippen LogP contribution is 2.32. The number of hydrogen-bond donors (Lipinski definition) is 5. The van der Waals surface area contributed by atoms with Crippen molar-refractivity contribution in [2.75, 3.05) is 12.3 Å². The van der Waals surface area contributed by atoms with E-state index >= 15 is 0 Å². The van der Waals surface area contributed by atoms with Crippen molar-refractivity contribution in [3.8, 4) is 5.95 Å². The van der Waals surface area contributed by atoms with Crippen LogP contribution >= 0.6 is 0 Å². The monoisotopic (exact) mass is 404 g/mol. The molecule has 1 aliphatic heterocycles. The smallest absolute Gasteiger partial charge is 0.254 e. The van der Waals surface area contributed by atoms with Crippen LogP contribution in [0, 0.1) is 0 Å². The van der Waals surface area contributed by atoms with E-state index in [9.17, 15) is 20.1 Å². The molecule has 3 aromatic rings. The number of carbonyl (C=O) groups excluding carboxylic acids is 1. The van der Waals surface area contributed by atoms with Crippen LogP contribution in [0.15, 0.2) is 18.7 Å². The van der Waals surface area contributed by atoms with Crippen molar-refractivity contribution >= 4 is 22.9 Å². The van der Waals surface area contributed by atoms with Gasteiger partial charge in [-0.1, -0.05) is 0 Å². The first-order valence-corrected chi connectivity index (χ1v) is 8.83. The Kier molecular flexibility index (Phi) is 4.87. The molecule has 29 heavy (non-hydrogen) atoms. The Labute approximate surface area is 163 Å². The lowest BCUT2D eigenvalue weighted by atomic mass is 10.1. The Balaban J connectivity index is 1.70. The number of aliphatic hydroxyl groups is 3. The van der Waals surface area contributed by atoms with Gasteiger partial charge in [0, 0.05) is 12.6 Å². The van der Waals surface area contributed by atoms with Gasteiger partial charge in [-0.15, -0.1) is 0 Å². The van der Waals surface area contributed by atoms with E-state index in [1.807, 2.05) is 0 Å². The molecule has 1 saturated heterocycles. The molecule has 4 heterocycles. The molecule has 13 heteroatoms. The average molecular weight is 404 g/mol. The van der Waals surface area contributed by atoms with Crippen molar-refractivity contribution in [2.45, 2.75) is 37.4 Å². The van der Waals surface area contributed by atoms with Gasteiger partial charge in [-0.3, -0.25) is 9.36 Å². The van der Waals surface area contributed by atoms with Gasteiger partial charge >= 0.3 is 0 Å². The van der Waals surface area contributed by atoms with E-state index in [1.54, 1.807) is 12.4 Å². The minimum atomic E-state index is -1.30. The Hall–Kier alpha value is -3.13. The van der Waals surface area contributed by atoms with E-state index in [-0.39, 0.29) is 29.4 Å². The summed E-state index contributed by atoms with van der Waals surface area (Å²) in [5.41, 5.74) is 12.5. The highest BCUT2D eigenvalue weighted by molar-refractivity contribution is 5.82. The molecule has 3 aromatic heterocycles. The third-order valence-corrected chi connectivity index (χ3v) is 4.73. The Bertz CT molecular complexity index is 1050. The first-order chi connectivity index (χ1) is 13.9. The van der Waals surface area contributed by atoms with Crippen LogP contribution in [0.25, 0.3) is 17.1 Å². The van der Waals surface area contributed by atoms with Crippen molar-refractivity contribution in [1.29, 1.82) is 0 Å². The molecule has 0 spiro atoms. The summed E-state index contributed by atoms with van der Waals surface area (Å²) in [4.78, 5) is 23.7. The number of hydrogen-bond acceptors (Lipinski definition) is 10. The standard InChI is InChI=1S/C16H20N8O5/c17-9(26)2-1-7-3-20-24(4-7)16-21-13(18)10-14(22-16)23(6-19-10)15-12(28)11(27)8(5-25)29-15/h3-4,6,8,11-12,15,25,27-28H,1-2,5H2,(H2,17,26)(H2,18,21,22)/t8-,11-,12-,15-/m1/s1. The third kappa shape index (κ3) is 3.40. The van der Waals surface area contributed by atoms with Crippen molar-refractivity contribution in [2.24, 2.45) is 5.73 Å². The van der Waals surface area contributed by atoms with E-state index < -0.39 is 37.1 Å². The molecule has 154 valence electrons. The van der Waals surface area contributed by atoms with E-state index in [4.69, 9.17) is 16.2 Å². The summed E-state index contributed by atoms with van der Waals surface area (Å²) in [6.07, 6.45) is 0.671. The van der Waals surface area contributed by atoms with Gasteiger partial charge in [0.05, 0.1) is 19.1 Å². The topological polar surface area (TPSA) is 200 Å². The van der Waals surface area contributed by atoms with Gasteiger partial charge < -0.3 is 31.5 Å². The number of ether oxygens (including phenoxy) is 1. The van der Waals surface area contributed by atoms with Crippen molar-refractivity contribution < 1.29 is 24.9 Å². The van der Waals surface area contributed by atoms with E-state index in [1.165, 1.54) is 15.6 Å². The number of amides is 1. The second-order valence-corrected chi connectivity index (χ2v) is 6.72. The van der Waals surface area contributed by atoms with Gasteiger partial charge in [-0.05, 0) is 12.0 Å². The maximum atomic E-state index is 10.9. The largest absolute Gasteiger partial charge is 0.394 e. The number of primary amides is 1. The number of imidazole rings is 1. The summed E-state index contributed by atoms with van der Waals surface area (Å²) in [7, 11) is 0. The number of aryl methyl sites for hydroxylation is 1. The predicted molar refractivity (Wildman–Crippen MR) is 97.4 cm³/mol. The van der Waals surface area contributed by atoms with Crippen LogP contribution in [0.1, 0.15) is 18.2 Å². The van der Waals surface area contributed by atoms with Gasteiger partial charge in [-0.25, -0.2) is 9.67 Å². The molecule has 13 nitrogen and oxygen atoms in total. The highest BCUT2D eigenvalue weighted by atomic mass is 16.6. The van der Waals surface area contributed by atoms with E-state index in [0.717, 1.165) is 5.56 Å². The number of carbonyl (C=O) groups is 1. The van der Waals surface area contributed by atoms with Crippen LogP contribution in [-0.4, -0.2) is 75.4 Å². The number of nitrogens with zero attached hydrogens (tertiary/aromatic N) is 6. The fourth-order valence-electron chi connectivity index (χ4n) is 3.19. The van der Waals surface area contributed by atoms with Crippen LogP contribution in [0.3, 0.4) is 0 Å². The lowest BCUT2D eigenvalue weighted by Crippen LogP contribution is -2.33. The van der Waals surface area contributed by atoms with E-state index in [2.05, 4.69) is 20.1 Å². The molecular formula is C16H20N8O5. The quantitative estimate of drug-likeness (QED) is 0.295. The van der Waals surface area contributed by atoms with Gasteiger partial charge in [0.15, 0.2) is 17.7 Å². The third-order valence-electron chi connectivity index (χ3n) is 4.73. The maximum absolute atomic E-state index is 10.9. The zero-order valence-electron chi connectivity index (χ0n) is 15.2. The van der Waals surface area contributed by atoms with Crippen LogP contribution in [0.2, 0.25) is 0 Å². The molecule has 4 rings (SSSR count). The summed E-state index contributed by atoms with van der Waals surface area (Å²) in [5, 5.41) is 33.8. The Morgan fingerprint density at radius 2 is 2.07 bits per heavy atom. The lowest BCUT2D eigenvalue weighted by Gasteiger charge is -2.16. The number of anilines is 1. The number of nitrogens with two attached hydrogens (primary N) is 2. The molecule has 1 amide bonds. The summed E-state index contributed by atoms with van der Waals surface area (Å²) in [5.74, 6) is -0.180. The SMILES string of the molecule is NC(=O)CCc1cnn(-c2nc(N)c3ncn([C@@H]4O[C@H](CO)[C@@H](O)[C@H]4O)c3n2)c1. The molecule has 4 atom stereocenters. The predicted octanol–water partition coefficient (Wildman–Crippen LogP) is -2.38. The van der Waals surface area contributed by atoms with Gasteiger partial charge in [0.1, 0.15) is 23.8 Å². The lowest BCUT2D eigenvalue weighted by molar-refractivity contribution is -0.117. The molecule has 0 aliphatic carbocycles. The van der Waals surface area contributed by atoms with Crippen LogP contribution in [-0.2, 0) is 16.0 Å². The molecule has 1 aliphatic rings. The Morgan fingerprint density at radius 1 is 1.28 bits per heavy atom. The molecule has 0 bridgehead atoms. The maximum Gasteiger partial charge on any atom is 0.254 e. The van der Waals surface area contributed by atoms with Crippen molar-refractivity contribution in [1.82, 2.24) is 29.3 Å². The molecular weight excluding hydrogens is 384 g/mol. The number of rotatable bonds is 6. The second kappa shape index (κ2) is 7.36. The molecule has 0 saturated carbocycles. The number of aromatic nitrogens is 6. The minimum Gasteiger partial charge on any atom is -0.394 e. The first-order valence-electron chi connectivity index (χ1n) is 8.83. The van der Waals surface area contributed by atoms with Crippen LogP contribution in [0.4, 0.5) is 5.82 Å². The number of nitrogen functional groups attached to an aromatic ring is 1. The minimum absolute atomic E-state index is 0.0877. The summed E-state index contributed by atoms with van der Waals surface area (Å²) in [6, 6.07) is 0. The summed E-state index contributed by atoms with van der Waals surface area (Å²) >= 11 is 0. The fourth-order valence-corrected chi connectivity index (χ4v) is 3.19. The zero-order valence-corrected chi connectivity index (χ0v) is 15.2. The molecule has 0 aromatic carbocycles. The Morgan fingerprint density at radius 3 is 2.76 bits per heavy atom. The highest BCUT2D eigenvalue weighted by Gasteiger charge is 2.44. The normalized spacial score (nSPS) is 24.4. The van der Waals surface area contributed by atoms with Gasteiger partial charge in [0.25, 0.3) is 5.95 Å². The van der Waals surface area contributed by atoms with Crippen molar-refractivity contribution in [3.63, 3.8) is 0 Å². The fraction of sp³-hybridized carbons (Fsp3) is 0.438. The molecule has 1 fully saturated rings. The van der Waals surface area contributed by atoms with Crippen LogP contribution in [0.5, 0.6) is 0 Å². The molecule has 0 unspecified atom stereocenters. The molecule has 7 N–H and O–H groups in total.